The van der Waals surface area contributed by atoms with Crippen molar-refractivity contribution in [3.8, 4) is 11.3 Å². The van der Waals surface area contributed by atoms with Crippen LogP contribution in [0.25, 0.3) is 17.0 Å². The highest BCUT2D eigenvalue weighted by molar-refractivity contribution is 6.30. The summed E-state index contributed by atoms with van der Waals surface area (Å²) in [5.74, 6) is 0.284. The van der Waals surface area contributed by atoms with Gasteiger partial charge >= 0.3 is 0 Å². The van der Waals surface area contributed by atoms with Crippen LogP contribution in [0.15, 0.2) is 61.2 Å². The molecule has 28 heavy (non-hydrogen) atoms. The fourth-order valence-electron chi connectivity index (χ4n) is 2.79. The molecule has 0 spiro atoms. The number of halogens is 1. The number of hydrogen-bond donors (Lipinski definition) is 3. The highest BCUT2D eigenvalue weighted by Crippen LogP contribution is 2.20. The molecule has 0 saturated heterocycles. The smallest absolute Gasteiger partial charge is 0.287 e. The van der Waals surface area contributed by atoms with E-state index in [4.69, 9.17) is 11.6 Å². The lowest BCUT2D eigenvalue weighted by atomic mass is 10.0. The summed E-state index contributed by atoms with van der Waals surface area (Å²) < 4.78 is 0. The monoisotopic (exact) mass is 394 g/mol. The van der Waals surface area contributed by atoms with Crippen molar-refractivity contribution < 1.29 is 4.79 Å². The second-order valence-corrected chi connectivity index (χ2v) is 7.46. The van der Waals surface area contributed by atoms with Crippen LogP contribution in [0.5, 0.6) is 0 Å². The van der Waals surface area contributed by atoms with Crippen LogP contribution in [0.2, 0.25) is 5.02 Å². The van der Waals surface area contributed by atoms with Crippen LogP contribution in [-0.4, -0.2) is 16.1 Å². The third-order valence-corrected chi connectivity index (χ3v) is 4.49. The summed E-state index contributed by atoms with van der Waals surface area (Å²) in [7, 11) is 0. The van der Waals surface area contributed by atoms with Gasteiger partial charge in [0.1, 0.15) is 5.69 Å². The molecule has 2 aromatic carbocycles. The summed E-state index contributed by atoms with van der Waals surface area (Å²) in [6, 6.07) is 17.1. The van der Waals surface area contributed by atoms with Gasteiger partial charge in [-0.3, -0.25) is 20.7 Å². The zero-order chi connectivity index (χ0) is 20.1. The Balaban J connectivity index is 1.60. The Hall–Kier alpha value is -3.05. The molecule has 6 heteroatoms. The van der Waals surface area contributed by atoms with Crippen molar-refractivity contribution in [2.75, 3.05) is 0 Å². The van der Waals surface area contributed by atoms with E-state index in [9.17, 15) is 4.79 Å². The number of benzene rings is 2. The quantitative estimate of drug-likeness (QED) is 0.502. The Kier molecular flexibility index (Phi) is 6.16. The third-order valence-electron chi connectivity index (χ3n) is 4.24. The predicted molar refractivity (Wildman–Crippen MR) is 114 cm³/mol. The standard InChI is InChI=1S/C22H23ClN4O/c1-14(2)12-16-4-6-18(7-5-16)20-13-21(26-25-20)22(28)27-24-15(3)17-8-10-19(23)11-9-17/h4-11,13-14,24H,3,12H2,1-2H3,(H,25,26)(H,27,28). The second-order valence-electron chi connectivity index (χ2n) is 7.03. The molecule has 0 aliphatic heterocycles. The maximum absolute atomic E-state index is 12.3. The van der Waals surface area contributed by atoms with E-state index in [1.807, 2.05) is 24.3 Å². The Labute approximate surface area is 169 Å². The minimum Gasteiger partial charge on any atom is -0.298 e. The number of hydrazine groups is 1. The SMILES string of the molecule is C=C(NNC(=O)c1cc(-c2ccc(CC(C)C)cc2)n[nH]1)c1ccc(Cl)cc1. The number of carbonyl (C=O) groups excluding carboxylic acids is 1. The molecule has 5 nitrogen and oxygen atoms in total. The van der Waals surface area contributed by atoms with Crippen LogP contribution in [0, 0.1) is 5.92 Å². The number of nitrogens with one attached hydrogen (secondary N) is 3. The summed E-state index contributed by atoms with van der Waals surface area (Å²) in [4.78, 5) is 12.3. The van der Waals surface area contributed by atoms with E-state index in [0.717, 1.165) is 23.2 Å². The molecule has 0 saturated carbocycles. The van der Waals surface area contributed by atoms with Crippen LogP contribution in [0.4, 0.5) is 0 Å². The van der Waals surface area contributed by atoms with E-state index in [2.05, 4.69) is 53.6 Å². The molecule has 3 aromatic rings. The normalized spacial score (nSPS) is 10.7. The maximum Gasteiger partial charge on any atom is 0.287 e. The molecular formula is C22H23ClN4O. The van der Waals surface area contributed by atoms with Crippen molar-refractivity contribution in [3.63, 3.8) is 0 Å². The van der Waals surface area contributed by atoms with E-state index in [0.29, 0.717) is 22.3 Å². The second kappa shape index (κ2) is 8.76. The molecule has 0 unspecified atom stereocenters. The van der Waals surface area contributed by atoms with Gasteiger partial charge in [0.05, 0.1) is 11.4 Å². The van der Waals surface area contributed by atoms with Crippen molar-refractivity contribution >= 4 is 23.2 Å². The molecule has 144 valence electrons. The first-order valence-electron chi connectivity index (χ1n) is 9.08. The van der Waals surface area contributed by atoms with Crippen molar-refractivity contribution in [3.05, 3.63) is 83.0 Å². The van der Waals surface area contributed by atoms with Crippen LogP contribution >= 0.6 is 11.6 Å². The Morgan fingerprint density at radius 1 is 1.11 bits per heavy atom. The fourth-order valence-corrected chi connectivity index (χ4v) is 2.92. The van der Waals surface area contributed by atoms with Crippen LogP contribution in [0.3, 0.4) is 0 Å². The number of rotatable bonds is 7. The summed E-state index contributed by atoms with van der Waals surface area (Å²) in [6.07, 6.45) is 1.04. The van der Waals surface area contributed by atoms with Gasteiger partial charge in [0.15, 0.2) is 0 Å². The number of nitrogens with zero attached hydrogens (tertiary/aromatic N) is 1. The van der Waals surface area contributed by atoms with Crippen molar-refractivity contribution in [2.24, 2.45) is 5.92 Å². The first kappa shape index (κ1) is 19.7. The molecule has 0 aliphatic carbocycles. The molecule has 0 fully saturated rings. The van der Waals surface area contributed by atoms with Gasteiger partial charge < -0.3 is 0 Å². The van der Waals surface area contributed by atoms with Gasteiger partial charge in [0.2, 0.25) is 0 Å². The largest absolute Gasteiger partial charge is 0.298 e. The van der Waals surface area contributed by atoms with Gasteiger partial charge in [-0.05, 0) is 41.7 Å². The molecule has 0 atom stereocenters. The highest BCUT2D eigenvalue weighted by Gasteiger charge is 2.11. The van der Waals surface area contributed by atoms with Gasteiger partial charge in [0.25, 0.3) is 5.91 Å². The molecule has 1 aromatic heterocycles. The van der Waals surface area contributed by atoms with E-state index in [1.54, 1.807) is 18.2 Å². The number of carbonyl (C=O) groups is 1. The van der Waals surface area contributed by atoms with Gasteiger partial charge in [-0.2, -0.15) is 5.10 Å². The molecule has 0 bridgehead atoms. The molecule has 3 rings (SSSR count). The Bertz CT molecular complexity index is 959. The van der Waals surface area contributed by atoms with Crippen molar-refractivity contribution in [2.45, 2.75) is 20.3 Å². The zero-order valence-electron chi connectivity index (χ0n) is 15.9. The first-order chi connectivity index (χ1) is 13.4. The molecule has 1 amide bonds. The number of aromatic nitrogens is 2. The van der Waals surface area contributed by atoms with Gasteiger partial charge in [0, 0.05) is 10.6 Å². The maximum atomic E-state index is 12.3. The average Bonchev–Trinajstić information content (AvgIpc) is 3.17. The van der Waals surface area contributed by atoms with E-state index in [1.165, 1.54) is 5.56 Å². The van der Waals surface area contributed by atoms with E-state index >= 15 is 0 Å². The predicted octanol–water partition coefficient (Wildman–Crippen LogP) is 4.83. The molecule has 0 aliphatic rings. The van der Waals surface area contributed by atoms with Crippen molar-refractivity contribution in [1.29, 1.82) is 0 Å². The Morgan fingerprint density at radius 3 is 2.43 bits per heavy atom. The minimum absolute atomic E-state index is 0.328. The molecule has 3 N–H and O–H groups in total. The average molecular weight is 395 g/mol. The van der Waals surface area contributed by atoms with Crippen molar-refractivity contribution in [1.82, 2.24) is 21.0 Å². The van der Waals surface area contributed by atoms with Gasteiger partial charge in [-0.15, -0.1) is 0 Å². The summed E-state index contributed by atoms with van der Waals surface area (Å²) in [5, 5.41) is 7.66. The Morgan fingerprint density at radius 2 is 1.79 bits per heavy atom. The van der Waals surface area contributed by atoms with Crippen LogP contribution in [0.1, 0.15) is 35.5 Å². The highest BCUT2D eigenvalue weighted by atomic mass is 35.5. The third kappa shape index (κ3) is 5.02. The fraction of sp³-hybridized carbons (Fsp3) is 0.182. The lowest BCUT2D eigenvalue weighted by Crippen LogP contribution is -2.36. The summed E-state index contributed by atoms with van der Waals surface area (Å²) in [6.45, 7) is 8.30. The van der Waals surface area contributed by atoms with E-state index < -0.39 is 0 Å². The molecule has 1 heterocycles. The van der Waals surface area contributed by atoms with Gasteiger partial charge in [-0.1, -0.05) is 68.4 Å². The summed E-state index contributed by atoms with van der Waals surface area (Å²) in [5.41, 5.74) is 10.1. The number of H-pyrrole nitrogens is 1. The topological polar surface area (TPSA) is 69.8 Å². The lowest BCUT2D eigenvalue weighted by Gasteiger charge is -2.10. The number of aromatic amines is 1. The van der Waals surface area contributed by atoms with Gasteiger partial charge in [-0.25, -0.2) is 0 Å². The summed E-state index contributed by atoms with van der Waals surface area (Å²) >= 11 is 5.88. The number of hydrogen-bond acceptors (Lipinski definition) is 3. The zero-order valence-corrected chi connectivity index (χ0v) is 16.7. The first-order valence-corrected chi connectivity index (χ1v) is 9.46. The lowest BCUT2D eigenvalue weighted by molar-refractivity contribution is 0.0937. The van der Waals surface area contributed by atoms with Crippen LogP contribution in [-0.2, 0) is 6.42 Å². The number of amides is 1. The molecule has 0 radical (unpaired) electrons. The minimum atomic E-state index is -0.328. The van der Waals surface area contributed by atoms with Crippen LogP contribution < -0.4 is 10.9 Å². The van der Waals surface area contributed by atoms with E-state index in [-0.39, 0.29) is 5.91 Å². The molecular weight excluding hydrogens is 372 g/mol.